The van der Waals surface area contributed by atoms with Gasteiger partial charge in [-0.3, -0.25) is 0 Å². The van der Waals surface area contributed by atoms with Crippen molar-refractivity contribution in [2.24, 2.45) is 11.8 Å². The number of hydrogen-bond acceptors (Lipinski definition) is 4. The first-order valence-corrected chi connectivity index (χ1v) is 18.0. The third-order valence-electron chi connectivity index (χ3n) is 9.75. The van der Waals surface area contributed by atoms with E-state index in [1.54, 1.807) is 0 Å². The van der Waals surface area contributed by atoms with E-state index in [-0.39, 0.29) is 23.8 Å². The highest BCUT2D eigenvalue weighted by Gasteiger charge is 2.47. The number of carbonyl (C=O) groups excluding carboxylic acids is 2. The Kier molecular flexibility index (Phi) is 11.1. The van der Waals surface area contributed by atoms with Gasteiger partial charge in [0.25, 0.3) is 0 Å². The molecule has 0 saturated heterocycles. The van der Waals surface area contributed by atoms with Crippen LogP contribution in [0.2, 0.25) is 16.6 Å². The summed E-state index contributed by atoms with van der Waals surface area (Å²) in [6.07, 6.45) is 11.3. The van der Waals surface area contributed by atoms with Gasteiger partial charge in [0, 0.05) is 0 Å². The molecule has 0 atom stereocenters. The van der Waals surface area contributed by atoms with Crippen molar-refractivity contribution in [3.05, 3.63) is 33.6 Å². The van der Waals surface area contributed by atoms with Gasteiger partial charge in [0.2, 0.25) is 0 Å². The lowest BCUT2D eigenvalue weighted by Gasteiger charge is -2.42. The van der Waals surface area contributed by atoms with Crippen molar-refractivity contribution in [1.29, 1.82) is 0 Å². The minimum absolute atomic E-state index is 0.209. The van der Waals surface area contributed by atoms with Gasteiger partial charge in [0.15, 0.2) is 0 Å². The summed E-state index contributed by atoms with van der Waals surface area (Å²) >= 11 is 0. The van der Waals surface area contributed by atoms with E-state index in [0.29, 0.717) is 35.4 Å². The molecule has 214 valence electrons. The standard InChI is InChI=1S/C33H54O4Si/c1-9-36-32(34)30-27(21-38(22(3)4,23(5)6)24(7)8)28(25-17-13-11-14-18-25)31(33(35)37-10-2)29(30)26-19-15-12-16-20-26/h21-26H,9-20H2,1-8H3/b27-21-. The van der Waals surface area contributed by atoms with E-state index in [0.717, 1.165) is 60.8 Å². The molecule has 5 heteroatoms. The molecule has 0 aromatic rings. The molecule has 0 spiro atoms. The highest BCUT2D eigenvalue weighted by atomic mass is 28.3. The zero-order valence-corrected chi connectivity index (χ0v) is 26.6. The fraction of sp³-hybridized carbons (Fsp3) is 0.758. The number of ether oxygens (including phenoxy) is 2. The van der Waals surface area contributed by atoms with Gasteiger partial charge < -0.3 is 9.47 Å². The van der Waals surface area contributed by atoms with Crippen LogP contribution in [0.25, 0.3) is 0 Å². The molecule has 0 amide bonds. The third-order valence-corrected chi connectivity index (χ3v) is 16.5. The molecule has 2 saturated carbocycles. The summed E-state index contributed by atoms with van der Waals surface area (Å²) in [6, 6.07) is 0. The van der Waals surface area contributed by atoms with Crippen LogP contribution in [-0.2, 0) is 19.1 Å². The Hall–Kier alpha value is -1.62. The van der Waals surface area contributed by atoms with Crippen LogP contribution < -0.4 is 0 Å². The number of allylic oxidation sites excluding steroid dienone is 1. The van der Waals surface area contributed by atoms with E-state index in [9.17, 15) is 9.59 Å². The third kappa shape index (κ3) is 6.08. The summed E-state index contributed by atoms with van der Waals surface area (Å²) in [4.78, 5) is 27.9. The highest BCUT2D eigenvalue weighted by molar-refractivity contribution is 6.88. The first kappa shape index (κ1) is 30.9. The molecule has 2 fully saturated rings. The molecular weight excluding hydrogens is 488 g/mol. The van der Waals surface area contributed by atoms with Crippen molar-refractivity contribution in [3.63, 3.8) is 0 Å². The van der Waals surface area contributed by atoms with Crippen LogP contribution in [0.4, 0.5) is 0 Å². The van der Waals surface area contributed by atoms with Crippen molar-refractivity contribution in [2.45, 2.75) is 136 Å². The van der Waals surface area contributed by atoms with E-state index in [1.165, 1.54) is 25.7 Å². The zero-order valence-electron chi connectivity index (χ0n) is 25.6. The Labute approximate surface area is 233 Å². The van der Waals surface area contributed by atoms with Crippen LogP contribution in [-0.4, -0.2) is 33.2 Å². The topological polar surface area (TPSA) is 52.6 Å². The quantitative estimate of drug-likeness (QED) is 0.204. The minimum atomic E-state index is -2.06. The molecule has 0 aliphatic heterocycles. The Morgan fingerprint density at radius 1 is 0.684 bits per heavy atom. The SMILES string of the molecule is CCOC(=O)C1=C(C2CCCCC2)/C(=C/[Si](C(C)C)(C(C)C)C(C)C)C(C(=O)OCC)=C1C1CCCCC1. The molecule has 0 unspecified atom stereocenters. The van der Waals surface area contributed by atoms with E-state index in [2.05, 4.69) is 47.2 Å². The lowest BCUT2D eigenvalue weighted by molar-refractivity contribution is -0.138. The van der Waals surface area contributed by atoms with Crippen molar-refractivity contribution >= 4 is 20.0 Å². The van der Waals surface area contributed by atoms with Crippen LogP contribution in [0.1, 0.15) is 120 Å². The number of carbonyl (C=O) groups is 2. The molecule has 0 bridgehead atoms. The van der Waals surface area contributed by atoms with Crippen LogP contribution in [0.15, 0.2) is 33.6 Å². The number of rotatable bonds is 10. The van der Waals surface area contributed by atoms with Gasteiger partial charge >= 0.3 is 11.9 Å². The molecule has 3 aliphatic carbocycles. The highest BCUT2D eigenvalue weighted by Crippen LogP contribution is 2.53. The fourth-order valence-corrected chi connectivity index (χ4v) is 13.8. The predicted molar refractivity (Wildman–Crippen MR) is 160 cm³/mol. The lowest BCUT2D eigenvalue weighted by atomic mass is 9.78. The molecular formula is C33H54O4Si. The van der Waals surface area contributed by atoms with E-state index < -0.39 is 8.07 Å². The Bertz CT molecular complexity index is 918. The summed E-state index contributed by atoms with van der Waals surface area (Å²) in [5.74, 6) is 0.0224. The smallest absolute Gasteiger partial charge is 0.339 e. The zero-order chi connectivity index (χ0) is 28.0. The lowest BCUT2D eigenvalue weighted by Crippen LogP contribution is -2.43. The molecule has 0 heterocycles. The van der Waals surface area contributed by atoms with Crippen molar-refractivity contribution < 1.29 is 19.1 Å². The van der Waals surface area contributed by atoms with Crippen LogP contribution in [0, 0.1) is 11.8 Å². The van der Waals surface area contributed by atoms with Gasteiger partial charge in [-0.2, -0.15) is 0 Å². The van der Waals surface area contributed by atoms with Gasteiger partial charge in [-0.15, -0.1) is 0 Å². The maximum absolute atomic E-state index is 14.0. The summed E-state index contributed by atoms with van der Waals surface area (Å²) in [6.45, 7) is 18.6. The van der Waals surface area contributed by atoms with Crippen LogP contribution in [0.5, 0.6) is 0 Å². The largest absolute Gasteiger partial charge is 0.462 e. The first-order chi connectivity index (χ1) is 18.1. The molecule has 4 nitrogen and oxygen atoms in total. The van der Waals surface area contributed by atoms with Crippen molar-refractivity contribution in [1.82, 2.24) is 0 Å². The fourth-order valence-electron chi connectivity index (χ4n) is 8.05. The minimum Gasteiger partial charge on any atom is -0.462 e. The Morgan fingerprint density at radius 3 is 1.47 bits per heavy atom. The van der Waals surface area contributed by atoms with Gasteiger partial charge in [0.1, 0.15) is 0 Å². The Morgan fingerprint density at radius 2 is 1.08 bits per heavy atom. The monoisotopic (exact) mass is 542 g/mol. The Balaban J connectivity index is 2.44. The van der Waals surface area contributed by atoms with Gasteiger partial charge in [-0.05, 0) is 84.7 Å². The first-order valence-electron chi connectivity index (χ1n) is 15.7. The summed E-state index contributed by atoms with van der Waals surface area (Å²) in [7, 11) is -2.06. The summed E-state index contributed by atoms with van der Waals surface area (Å²) in [5, 5.41) is 0. The van der Waals surface area contributed by atoms with E-state index in [4.69, 9.17) is 9.47 Å². The number of hydrogen-bond donors (Lipinski definition) is 0. The average Bonchev–Trinajstić information content (AvgIpc) is 3.22. The second-order valence-electron chi connectivity index (χ2n) is 12.7. The maximum Gasteiger partial charge on any atom is 0.339 e. The predicted octanol–water partition coefficient (Wildman–Crippen LogP) is 9.02. The molecule has 0 radical (unpaired) electrons. The maximum atomic E-state index is 14.0. The molecule has 0 aromatic heterocycles. The summed E-state index contributed by atoms with van der Waals surface area (Å²) in [5.41, 5.74) is 8.70. The second-order valence-corrected chi connectivity index (χ2v) is 18.5. The van der Waals surface area contributed by atoms with Crippen LogP contribution in [0.3, 0.4) is 0 Å². The van der Waals surface area contributed by atoms with Gasteiger partial charge in [0.05, 0.1) is 32.4 Å². The van der Waals surface area contributed by atoms with Gasteiger partial charge in [-0.25, -0.2) is 9.59 Å². The van der Waals surface area contributed by atoms with Crippen molar-refractivity contribution in [3.8, 4) is 0 Å². The van der Waals surface area contributed by atoms with E-state index in [1.807, 2.05) is 13.8 Å². The van der Waals surface area contributed by atoms with Crippen LogP contribution >= 0.6 is 0 Å². The average molecular weight is 543 g/mol. The van der Waals surface area contributed by atoms with Crippen molar-refractivity contribution in [2.75, 3.05) is 13.2 Å². The van der Waals surface area contributed by atoms with Gasteiger partial charge in [-0.1, -0.05) is 85.8 Å². The summed E-state index contributed by atoms with van der Waals surface area (Å²) < 4.78 is 11.6. The molecule has 0 N–H and O–H groups in total. The van der Waals surface area contributed by atoms with E-state index >= 15 is 0 Å². The molecule has 3 aliphatic rings. The molecule has 0 aromatic carbocycles. The molecule has 3 rings (SSSR count). The second kappa shape index (κ2) is 13.6. The molecule has 38 heavy (non-hydrogen) atoms. The number of esters is 2. The normalized spacial score (nSPS) is 21.4.